The van der Waals surface area contributed by atoms with Gasteiger partial charge < -0.3 is 71.9 Å². The zero-order valence-electron chi connectivity index (χ0n) is 7.60. The monoisotopic (exact) mass is 690 g/mol. The van der Waals surface area contributed by atoms with Gasteiger partial charge in [0.2, 0.25) is 0 Å². The predicted molar refractivity (Wildman–Crippen MR) is 42.8 cm³/mol. The van der Waals surface area contributed by atoms with Crippen molar-refractivity contribution >= 4 is 6.08 Å². The predicted octanol–water partition coefficient (Wildman–Crippen LogP) is -6.30. The molecule has 74 valence electrons. The van der Waals surface area contributed by atoms with Crippen LogP contribution in [-0.2, 0) is 24.4 Å². The van der Waals surface area contributed by atoms with Gasteiger partial charge in [0, 0.05) is 0 Å². The Morgan fingerprint density at radius 1 is 1.07 bits per heavy atom. The van der Waals surface area contributed by atoms with E-state index in [9.17, 15) is 0 Å². The minimum Gasteiger partial charge on any atom is -1.00 e. The number of fused-ring (bicyclic) bond motifs is 1. The molecule has 4 heteroatoms. The van der Waals surface area contributed by atoms with Gasteiger partial charge in [-0.15, -0.1) is 0 Å². The molecule has 1 aromatic rings. The van der Waals surface area contributed by atoms with Gasteiger partial charge in [0.05, 0.1) is 0 Å². The van der Waals surface area contributed by atoms with Crippen LogP contribution in [0, 0.1) is 0 Å². The van der Waals surface area contributed by atoms with Gasteiger partial charge in [-0.3, -0.25) is 0 Å². The van der Waals surface area contributed by atoms with Gasteiger partial charge in [-0.25, -0.2) is 0 Å². The van der Waals surface area contributed by atoms with Crippen molar-refractivity contribution in [2.75, 3.05) is 0 Å². The normalized spacial score (nSPS) is 16.8. The van der Waals surface area contributed by atoms with Crippen LogP contribution in [0.1, 0.15) is 24.0 Å². The Morgan fingerprint density at radius 3 is 2.21 bits per heavy atom. The fourth-order valence-corrected chi connectivity index (χ4v) is 2.61. The third-order valence-electron chi connectivity index (χ3n) is 2.24. The molecule has 0 spiro atoms. The smallest absolute Gasteiger partial charge is 1.00 e. The standard InChI is InChI=1S/C10H9.Hf.3HI/c1-8-6-7-9-4-2-3-5-10(8)9;;;;/h2-5,7-8H,1H3;;3*1H/q;+3;;;/p-3. The van der Waals surface area contributed by atoms with Crippen molar-refractivity contribution in [2.45, 2.75) is 12.8 Å². The third kappa shape index (κ3) is 3.80. The number of benzene rings is 1. The van der Waals surface area contributed by atoms with Crippen molar-refractivity contribution in [3.63, 3.8) is 0 Å². The second kappa shape index (κ2) is 8.16. The van der Waals surface area contributed by atoms with Gasteiger partial charge in [0.1, 0.15) is 0 Å². The van der Waals surface area contributed by atoms with E-state index in [1.807, 2.05) is 0 Å². The molecule has 14 heavy (non-hydrogen) atoms. The van der Waals surface area contributed by atoms with E-state index >= 15 is 0 Å². The third-order valence-corrected chi connectivity index (χ3v) is 4.31. The van der Waals surface area contributed by atoms with E-state index in [-0.39, 0.29) is 71.9 Å². The fraction of sp³-hybridized carbons (Fsp3) is 0.200. The molecule has 1 aromatic carbocycles. The summed E-state index contributed by atoms with van der Waals surface area (Å²) in [4.78, 5) is 0. The first-order valence-corrected chi connectivity index (χ1v) is 5.61. The van der Waals surface area contributed by atoms with Crippen molar-refractivity contribution in [2.24, 2.45) is 0 Å². The molecule has 0 bridgehead atoms. The maximum absolute atomic E-state index is 2.34. The van der Waals surface area contributed by atoms with Crippen LogP contribution < -0.4 is 71.9 Å². The van der Waals surface area contributed by atoms with Crippen molar-refractivity contribution in [3.8, 4) is 0 Å². The Labute approximate surface area is 151 Å². The van der Waals surface area contributed by atoms with Gasteiger partial charge in [-0.1, -0.05) is 0 Å². The Bertz CT molecular complexity index is 323. The van der Waals surface area contributed by atoms with Crippen LogP contribution in [0.5, 0.6) is 0 Å². The Balaban J connectivity index is 0. The molecular formula is C10H9HfI3. The summed E-state index contributed by atoms with van der Waals surface area (Å²) in [5.74, 6) is 0.692. The Hall–Kier alpha value is 2.02. The SMILES string of the molecule is CC1[C]([Hf+3])=Cc2ccccc21.[I-].[I-].[I-]. The summed E-state index contributed by atoms with van der Waals surface area (Å²) in [6, 6.07) is 8.68. The Kier molecular flexibility index (Phi) is 10.7. The quantitative estimate of drug-likeness (QED) is 0.188. The molecular weight excluding hydrogens is 679 g/mol. The van der Waals surface area contributed by atoms with Crippen LogP contribution in [0.4, 0.5) is 0 Å². The number of allylic oxidation sites excluding steroid dienone is 1. The topological polar surface area (TPSA) is 0 Å². The maximum atomic E-state index is 2.34. The molecule has 1 aliphatic carbocycles. The van der Waals surface area contributed by atoms with Crippen LogP contribution in [0.3, 0.4) is 0 Å². The van der Waals surface area contributed by atoms with Crippen LogP contribution in [0.25, 0.3) is 6.08 Å². The first-order chi connectivity index (χ1) is 5.29. The molecule has 1 atom stereocenters. The molecule has 0 heterocycles. The molecule has 0 saturated carbocycles. The maximum Gasteiger partial charge on any atom is -1.00 e. The molecule has 0 nitrogen and oxygen atoms in total. The van der Waals surface area contributed by atoms with E-state index < -0.39 is 0 Å². The van der Waals surface area contributed by atoms with Crippen molar-refractivity contribution in [1.29, 1.82) is 0 Å². The fourth-order valence-electron chi connectivity index (χ4n) is 1.50. The second-order valence-electron chi connectivity index (χ2n) is 2.95. The van der Waals surface area contributed by atoms with E-state index in [4.69, 9.17) is 0 Å². The number of hydrogen-bond acceptors (Lipinski definition) is 0. The van der Waals surface area contributed by atoms with Gasteiger partial charge in [0.25, 0.3) is 0 Å². The van der Waals surface area contributed by atoms with Crippen LogP contribution >= 0.6 is 0 Å². The number of rotatable bonds is 0. The van der Waals surface area contributed by atoms with Gasteiger partial charge in [-0.2, -0.15) is 0 Å². The van der Waals surface area contributed by atoms with E-state index in [0.717, 1.165) is 0 Å². The summed E-state index contributed by atoms with van der Waals surface area (Å²) in [6.45, 7) is 2.30. The largest absolute Gasteiger partial charge is 1.00 e. The molecule has 1 aliphatic rings. The van der Waals surface area contributed by atoms with Crippen molar-refractivity contribution < 1.29 is 96.3 Å². The first kappa shape index (κ1) is 18.4. The summed E-state index contributed by atoms with van der Waals surface area (Å²) in [7, 11) is 0. The number of hydrogen-bond donors (Lipinski definition) is 0. The minimum absolute atomic E-state index is 0. The van der Waals surface area contributed by atoms with E-state index in [2.05, 4.69) is 37.3 Å². The summed E-state index contributed by atoms with van der Waals surface area (Å²) < 4.78 is 1.62. The summed E-state index contributed by atoms with van der Waals surface area (Å²) in [6.07, 6.45) is 2.34. The summed E-state index contributed by atoms with van der Waals surface area (Å²) in [5.41, 5.74) is 2.95. The van der Waals surface area contributed by atoms with Gasteiger partial charge >= 0.3 is 82.0 Å². The summed E-state index contributed by atoms with van der Waals surface area (Å²) >= 11 is 1.20. The molecule has 0 amide bonds. The van der Waals surface area contributed by atoms with Crippen LogP contribution in [0.2, 0.25) is 0 Å². The summed E-state index contributed by atoms with van der Waals surface area (Å²) in [5, 5.41) is 0. The molecule has 2 rings (SSSR count). The number of halogens is 3. The second-order valence-corrected chi connectivity index (χ2v) is 5.02. The van der Waals surface area contributed by atoms with Crippen molar-refractivity contribution in [1.82, 2.24) is 0 Å². The molecule has 0 saturated heterocycles. The molecule has 0 N–H and O–H groups in total. The average molecular weight is 688 g/mol. The zero-order valence-corrected chi connectivity index (χ0v) is 17.7. The van der Waals surface area contributed by atoms with Gasteiger partial charge in [0.15, 0.2) is 0 Å². The van der Waals surface area contributed by atoms with E-state index in [0.29, 0.717) is 5.92 Å². The van der Waals surface area contributed by atoms with Crippen molar-refractivity contribution in [3.05, 3.63) is 38.7 Å². The molecule has 0 radical (unpaired) electrons. The van der Waals surface area contributed by atoms with Gasteiger partial charge in [-0.05, 0) is 0 Å². The average Bonchev–Trinajstić information content (AvgIpc) is 2.30. The van der Waals surface area contributed by atoms with E-state index in [1.54, 1.807) is 3.33 Å². The Morgan fingerprint density at radius 2 is 1.64 bits per heavy atom. The minimum atomic E-state index is 0. The molecule has 0 aliphatic heterocycles. The molecule has 0 fully saturated rings. The molecule has 0 aromatic heterocycles. The van der Waals surface area contributed by atoms with E-state index in [1.165, 1.54) is 35.5 Å². The van der Waals surface area contributed by atoms with Crippen LogP contribution in [0.15, 0.2) is 27.6 Å². The first-order valence-electron chi connectivity index (χ1n) is 3.81. The molecule has 1 unspecified atom stereocenters. The van der Waals surface area contributed by atoms with Crippen LogP contribution in [-0.4, -0.2) is 0 Å². The zero-order chi connectivity index (χ0) is 7.84.